The first kappa shape index (κ1) is 13.4. The zero-order valence-electron chi connectivity index (χ0n) is 10.2. The Balaban J connectivity index is 2.47. The lowest BCUT2D eigenvalue weighted by Gasteiger charge is -2.05. The fourth-order valence-corrected chi connectivity index (χ4v) is 1.25. The van der Waals surface area contributed by atoms with E-state index >= 15 is 0 Å². The third kappa shape index (κ3) is 5.29. The SMILES string of the molecule is CN(C)C/C=C/C(=O)Nc1ccc(CO)cc1. The van der Waals surface area contributed by atoms with Crippen molar-refractivity contribution >= 4 is 11.6 Å². The lowest BCUT2D eigenvalue weighted by Crippen LogP contribution is -2.12. The smallest absolute Gasteiger partial charge is 0.248 e. The summed E-state index contributed by atoms with van der Waals surface area (Å²) in [6, 6.07) is 7.09. The summed E-state index contributed by atoms with van der Waals surface area (Å²) in [5.74, 6) is -0.149. The van der Waals surface area contributed by atoms with Crippen LogP contribution in [0.3, 0.4) is 0 Å². The molecule has 0 aliphatic rings. The van der Waals surface area contributed by atoms with E-state index in [0.717, 1.165) is 17.8 Å². The summed E-state index contributed by atoms with van der Waals surface area (Å²) in [6.45, 7) is 0.744. The number of rotatable bonds is 5. The molecule has 92 valence electrons. The van der Waals surface area contributed by atoms with E-state index < -0.39 is 0 Å². The minimum absolute atomic E-state index is 0.0109. The van der Waals surface area contributed by atoms with Crippen molar-refractivity contribution in [2.75, 3.05) is 26.0 Å². The van der Waals surface area contributed by atoms with Crippen LogP contribution in [-0.2, 0) is 11.4 Å². The van der Waals surface area contributed by atoms with Gasteiger partial charge in [-0.05, 0) is 31.8 Å². The van der Waals surface area contributed by atoms with Gasteiger partial charge in [-0.2, -0.15) is 0 Å². The van der Waals surface area contributed by atoms with Crippen molar-refractivity contribution in [3.05, 3.63) is 42.0 Å². The van der Waals surface area contributed by atoms with E-state index in [1.165, 1.54) is 6.08 Å². The molecule has 0 fully saturated rings. The Bertz CT molecular complexity index is 383. The van der Waals surface area contributed by atoms with Crippen LogP contribution >= 0.6 is 0 Å². The maximum atomic E-state index is 11.5. The second kappa shape index (κ2) is 6.83. The van der Waals surface area contributed by atoms with Crippen molar-refractivity contribution in [2.24, 2.45) is 0 Å². The van der Waals surface area contributed by atoms with E-state index in [-0.39, 0.29) is 12.5 Å². The minimum atomic E-state index is -0.149. The van der Waals surface area contributed by atoms with Crippen molar-refractivity contribution in [2.45, 2.75) is 6.61 Å². The van der Waals surface area contributed by atoms with Crippen LogP contribution in [0.5, 0.6) is 0 Å². The maximum Gasteiger partial charge on any atom is 0.248 e. The first-order chi connectivity index (χ1) is 8.11. The molecule has 4 heteroatoms. The van der Waals surface area contributed by atoms with Gasteiger partial charge >= 0.3 is 0 Å². The number of hydrogen-bond donors (Lipinski definition) is 2. The molecule has 0 saturated carbocycles. The number of likely N-dealkylation sites (N-methyl/N-ethyl adjacent to an activating group) is 1. The van der Waals surface area contributed by atoms with Crippen LogP contribution in [0.1, 0.15) is 5.56 Å². The molecule has 1 aromatic rings. The summed E-state index contributed by atoms with van der Waals surface area (Å²) in [5.41, 5.74) is 1.55. The molecule has 2 N–H and O–H groups in total. The van der Waals surface area contributed by atoms with Crippen molar-refractivity contribution in [3.8, 4) is 0 Å². The molecule has 4 nitrogen and oxygen atoms in total. The van der Waals surface area contributed by atoms with Crippen LogP contribution in [0.15, 0.2) is 36.4 Å². The van der Waals surface area contributed by atoms with E-state index in [9.17, 15) is 4.79 Å². The van der Waals surface area contributed by atoms with Gasteiger partial charge in [0.15, 0.2) is 0 Å². The second-order valence-corrected chi connectivity index (χ2v) is 4.01. The van der Waals surface area contributed by atoms with Gasteiger partial charge in [0.05, 0.1) is 6.61 Å². The second-order valence-electron chi connectivity index (χ2n) is 4.01. The highest BCUT2D eigenvalue weighted by atomic mass is 16.3. The first-order valence-electron chi connectivity index (χ1n) is 5.44. The van der Waals surface area contributed by atoms with Gasteiger partial charge in [-0.1, -0.05) is 18.2 Å². The molecular weight excluding hydrogens is 216 g/mol. The number of carbonyl (C=O) groups excluding carboxylic acids is 1. The van der Waals surface area contributed by atoms with Crippen LogP contribution in [0.25, 0.3) is 0 Å². The molecule has 0 radical (unpaired) electrons. The molecule has 0 aliphatic heterocycles. The van der Waals surface area contributed by atoms with E-state index in [0.29, 0.717) is 0 Å². The fraction of sp³-hybridized carbons (Fsp3) is 0.308. The number of aliphatic hydroxyl groups is 1. The molecule has 17 heavy (non-hydrogen) atoms. The minimum Gasteiger partial charge on any atom is -0.392 e. The highest BCUT2D eigenvalue weighted by molar-refractivity contribution is 5.99. The van der Waals surface area contributed by atoms with Gasteiger partial charge in [0.25, 0.3) is 0 Å². The van der Waals surface area contributed by atoms with Crippen molar-refractivity contribution in [1.29, 1.82) is 0 Å². The topological polar surface area (TPSA) is 52.6 Å². The van der Waals surface area contributed by atoms with Crippen molar-refractivity contribution in [1.82, 2.24) is 4.90 Å². The lowest BCUT2D eigenvalue weighted by molar-refractivity contribution is -0.111. The predicted octanol–water partition coefficient (Wildman–Crippen LogP) is 1.24. The lowest BCUT2D eigenvalue weighted by atomic mass is 10.2. The van der Waals surface area contributed by atoms with Crippen LogP contribution in [0.4, 0.5) is 5.69 Å². The number of carbonyl (C=O) groups is 1. The quantitative estimate of drug-likeness (QED) is 0.754. The maximum absolute atomic E-state index is 11.5. The molecule has 1 amide bonds. The molecular formula is C13H18N2O2. The molecule has 0 aromatic heterocycles. The van der Waals surface area contributed by atoms with Crippen LogP contribution < -0.4 is 5.32 Å². The van der Waals surface area contributed by atoms with Crippen LogP contribution in [0.2, 0.25) is 0 Å². The zero-order valence-corrected chi connectivity index (χ0v) is 10.2. The van der Waals surface area contributed by atoms with Gasteiger partial charge in [-0.15, -0.1) is 0 Å². The van der Waals surface area contributed by atoms with Gasteiger partial charge < -0.3 is 15.3 Å². The Morgan fingerprint density at radius 1 is 1.35 bits per heavy atom. The Morgan fingerprint density at radius 3 is 2.53 bits per heavy atom. The number of hydrogen-bond acceptors (Lipinski definition) is 3. The van der Waals surface area contributed by atoms with E-state index in [2.05, 4.69) is 5.32 Å². The molecule has 1 aromatic carbocycles. The van der Waals surface area contributed by atoms with Crippen LogP contribution in [0, 0.1) is 0 Å². The Hall–Kier alpha value is -1.65. The molecule has 0 aliphatic carbocycles. The van der Waals surface area contributed by atoms with Gasteiger partial charge in [0.2, 0.25) is 5.91 Å². The largest absolute Gasteiger partial charge is 0.392 e. The summed E-state index contributed by atoms with van der Waals surface area (Å²) in [4.78, 5) is 13.5. The predicted molar refractivity (Wildman–Crippen MR) is 68.7 cm³/mol. The summed E-state index contributed by atoms with van der Waals surface area (Å²) in [7, 11) is 3.88. The number of aliphatic hydroxyl groups excluding tert-OH is 1. The van der Waals surface area contributed by atoms with Gasteiger partial charge in [0.1, 0.15) is 0 Å². The molecule has 0 bridgehead atoms. The molecule has 0 heterocycles. The number of anilines is 1. The number of nitrogens with zero attached hydrogens (tertiary/aromatic N) is 1. The monoisotopic (exact) mass is 234 g/mol. The van der Waals surface area contributed by atoms with Crippen molar-refractivity contribution in [3.63, 3.8) is 0 Å². The highest BCUT2D eigenvalue weighted by Gasteiger charge is 1.97. The van der Waals surface area contributed by atoms with Gasteiger partial charge in [-0.3, -0.25) is 4.79 Å². The average molecular weight is 234 g/mol. The summed E-state index contributed by atoms with van der Waals surface area (Å²) in [5, 5.41) is 11.6. The molecule has 1 rings (SSSR count). The number of amides is 1. The van der Waals surface area contributed by atoms with E-state index in [1.54, 1.807) is 30.3 Å². The van der Waals surface area contributed by atoms with Crippen LogP contribution in [-0.4, -0.2) is 36.6 Å². The average Bonchev–Trinajstić information content (AvgIpc) is 2.29. The number of nitrogens with one attached hydrogen (secondary N) is 1. The zero-order chi connectivity index (χ0) is 12.7. The fourth-order valence-electron chi connectivity index (χ4n) is 1.25. The standard InChI is InChI=1S/C13H18N2O2/c1-15(2)9-3-4-13(17)14-12-7-5-11(10-16)6-8-12/h3-8,16H,9-10H2,1-2H3,(H,14,17)/b4-3+. The van der Waals surface area contributed by atoms with Crippen molar-refractivity contribution < 1.29 is 9.90 Å². The summed E-state index contributed by atoms with van der Waals surface area (Å²) in [6.07, 6.45) is 3.32. The third-order valence-electron chi connectivity index (χ3n) is 2.14. The van der Waals surface area contributed by atoms with Gasteiger partial charge in [-0.25, -0.2) is 0 Å². The Kier molecular flexibility index (Phi) is 5.39. The molecule has 0 saturated heterocycles. The van der Waals surface area contributed by atoms with Gasteiger partial charge in [0, 0.05) is 18.3 Å². The Labute approximate surface area is 102 Å². The molecule has 0 unspecified atom stereocenters. The first-order valence-corrected chi connectivity index (χ1v) is 5.44. The van der Waals surface area contributed by atoms with E-state index in [4.69, 9.17) is 5.11 Å². The summed E-state index contributed by atoms with van der Waals surface area (Å²) < 4.78 is 0. The number of benzene rings is 1. The third-order valence-corrected chi connectivity index (χ3v) is 2.14. The summed E-state index contributed by atoms with van der Waals surface area (Å²) >= 11 is 0. The normalized spacial score (nSPS) is 11.1. The Morgan fingerprint density at radius 2 is 2.00 bits per heavy atom. The molecule has 0 atom stereocenters. The highest BCUT2D eigenvalue weighted by Crippen LogP contribution is 2.09. The molecule has 0 spiro atoms. The van der Waals surface area contributed by atoms with E-state index in [1.807, 2.05) is 19.0 Å².